The maximum Gasteiger partial charge on any atom is 0.218 e. The van der Waals surface area contributed by atoms with Gasteiger partial charge in [0.25, 0.3) is 0 Å². The lowest BCUT2D eigenvalue weighted by Crippen LogP contribution is -2.06. The molecule has 0 atom stereocenters. The Balaban J connectivity index is 0.000000280. The highest BCUT2D eigenvalue weighted by Gasteiger charge is 2.22. The van der Waals surface area contributed by atoms with Crippen LogP contribution in [-0.2, 0) is 6.54 Å². The second-order valence-electron chi connectivity index (χ2n) is 6.62. The van der Waals surface area contributed by atoms with Crippen LogP contribution < -0.4 is 10.1 Å². The first kappa shape index (κ1) is 22.3. The summed E-state index contributed by atoms with van der Waals surface area (Å²) in [5.74, 6) is 2.91. The topological polar surface area (TPSA) is 72.8 Å². The van der Waals surface area contributed by atoms with Crippen molar-refractivity contribution in [2.24, 2.45) is 5.92 Å². The van der Waals surface area contributed by atoms with Gasteiger partial charge in [-0.2, -0.15) is 4.98 Å². The van der Waals surface area contributed by atoms with Crippen LogP contribution in [0.3, 0.4) is 0 Å². The number of pyridine rings is 1. The average Bonchev–Trinajstić information content (AvgIpc) is 3.47. The van der Waals surface area contributed by atoms with Crippen molar-refractivity contribution in [3.05, 3.63) is 58.1 Å². The molecule has 6 nitrogen and oxygen atoms in total. The van der Waals surface area contributed by atoms with Gasteiger partial charge in [-0.05, 0) is 51.2 Å². The average molecular weight is 410 g/mol. The summed E-state index contributed by atoms with van der Waals surface area (Å²) in [5.41, 5.74) is 1.21. The minimum atomic E-state index is 0.660. The molecule has 0 aromatic carbocycles. The molecule has 0 unspecified atom stereocenters. The van der Waals surface area contributed by atoms with Gasteiger partial charge in [0.05, 0.1) is 18.2 Å². The summed E-state index contributed by atoms with van der Waals surface area (Å²) >= 11 is 1.69. The lowest BCUT2D eigenvalue weighted by atomic mass is 10.3. The van der Waals surface area contributed by atoms with Crippen LogP contribution in [-0.4, -0.2) is 26.5 Å². The Hall–Kier alpha value is -2.98. The van der Waals surface area contributed by atoms with Gasteiger partial charge in [-0.15, -0.1) is 24.2 Å². The van der Waals surface area contributed by atoms with Gasteiger partial charge in [0.1, 0.15) is 11.6 Å². The van der Waals surface area contributed by atoms with Gasteiger partial charge in [-0.25, -0.2) is 9.97 Å². The fourth-order valence-corrected chi connectivity index (χ4v) is 3.04. The van der Waals surface area contributed by atoms with Gasteiger partial charge in [0.15, 0.2) is 0 Å². The molecule has 1 aliphatic carbocycles. The molecular formula is C22H27N5OS. The van der Waals surface area contributed by atoms with Crippen molar-refractivity contribution in [1.29, 1.82) is 0 Å². The highest BCUT2D eigenvalue weighted by molar-refractivity contribution is 7.11. The molecule has 0 radical (unpaired) electrons. The quantitative estimate of drug-likeness (QED) is 0.600. The van der Waals surface area contributed by atoms with Crippen molar-refractivity contribution < 1.29 is 4.74 Å². The molecule has 7 heteroatoms. The molecule has 0 aliphatic heterocycles. The van der Waals surface area contributed by atoms with E-state index in [1.807, 2.05) is 51.4 Å². The van der Waals surface area contributed by atoms with Gasteiger partial charge in [0.2, 0.25) is 5.88 Å². The Morgan fingerprint density at radius 1 is 1.17 bits per heavy atom. The monoisotopic (exact) mass is 409 g/mol. The molecule has 0 spiro atoms. The van der Waals surface area contributed by atoms with Gasteiger partial charge < -0.3 is 10.1 Å². The number of hydrogen-bond donors (Lipinski definition) is 1. The van der Waals surface area contributed by atoms with E-state index in [9.17, 15) is 0 Å². The Kier molecular flexibility index (Phi) is 9.06. The molecule has 1 aliphatic rings. The first-order chi connectivity index (χ1) is 14.1. The van der Waals surface area contributed by atoms with Gasteiger partial charge >= 0.3 is 0 Å². The molecule has 29 heavy (non-hydrogen) atoms. The van der Waals surface area contributed by atoms with Crippen molar-refractivity contribution in [2.75, 3.05) is 11.9 Å². The van der Waals surface area contributed by atoms with E-state index in [0.29, 0.717) is 5.88 Å². The van der Waals surface area contributed by atoms with E-state index in [-0.39, 0.29) is 0 Å². The normalized spacial score (nSPS) is 12.0. The van der Waals surface area contributed by atoms with E-state index in [0.717, 1.165) is 35.7 Å². The van der Waals surface area contributed by atoms with Crippen molar-refractivity contribution in [1.82, 2.24) is 19.9 Å². The van der Waals surface area contributed by atoms with Crippen molar-refractivity contribution >= 4 is 17.2 Å². The third kappa shape index (κ3) is 8.71. The van der Waals surface area contributed by atoms with Crippen LogP contribution in [0.5, 0.6) is 5.88 Å². The van der Waals surface area contributed by atoms with Crippen LogP contribution in [0, 0.1) is 39.5 Å². The lowest BCUT2D eigenvalue weighted by Gasteiger charge is -2.08. The molecule has 152 valence electrons. The molecule has 1 saturated carbocycles. The first-order valence-electron chi connectivity index (χ1n) is 9.42. The number of aromatic nitrogens is 4. The zero-order valence-corrected chi connectivity index (χ0v) is 17.9. The summed E-state index contributed by atoms with van der Waals surface area (Å²) in [6.45, 7) is 7.40. The summed E-state index contributed by atoms with van der Waals surface area (Å²) < 4.78 is 5.71. The fourth-order valence-electron chi connectivity index (χ4n) is 2.31. The van der Waals surface area contributed by atoms with E-state index in [2.05, 4.69) is 38.1 Å². The third-order valence-electron chi connectivity index (χ3n) is 3.90. The maximum absolute atomic E-state index is 5.71. The van der Waals surface area contributed by atoms with Crippen LogP contribution in [0.2, 0.25) is 0 Å². The molecule has 3 heterocycles. The van der Waals surface area contributed by atoms with Crippen LogP contribution >= 0.6 is 11.3 Å². The second-order valence-corrected chi connectivity index (χ2v) is 7.94. The molecular weight excluding hydrogens is 382 g/mol. The van der Waals surface area contributed by atoms with E-state index >= 15 is 0 Å². The Morgan fingerprint density at radius 2 is 1.97 bits per heavy atom. The highest BCUT2D eigenvalue weighted by Crippen LogP contribution is 2.29. The maximum atomic E-state index is 5.71. The molecule has 4 rings (SSSR count). The minimum absolute atomic E-state index is 0.660. The smallest absolute Gasteiger partial charge is 0.218 e. The molecule has 0 amide bonds. The van der Waals surface area contributed by atoms with Crippen LogP contribution in [0.1, 0.15) is 34.1 Å². The fraction of sp³-hybridized carbons (Fsp3) is 0.364. The van der Waals surface area contributed by atoms with Crippen molar-refractivity contribution in [2.45, 2.75) is 40.2 Å². The Bertz CT molecular complexity index is 890. The molecule has 1 fully saturated rings. The standard InChI is InChI=1S/C14H18N4OS.C6H7N.C2H2/c1-9-17-13(16-7-12-6-15-10(2)20-12)5-14(18-9)19-8-11-3-4-11;1-6-3-2-4-7-5-6;1-2/h5-6,11H,3-4,7-8H2,1-2H3,(H,16,17,18);2-5H,1H3;1-2H. The summed E-state index contributed by atoms with van der Waals surface area (Å²) in [4.78, 5) is 18.0. The molecule has 3 aromatic heterocycles. The number of nitrogens with zero attached hydrogens (tertiary/aromatic N) is 4. The van der Waals surface area contributed by atoms with Crippen molar-refractivity contribution in [3.63, 3.8) is 0 Å². The van der Waals surface area contributed by atoms with Crippen molar-refractivity contribution in [3.8, 4) is 18.7 Å². The zero-order valence-electron chi connectivity index (χ0n) is 17.1. The van der Waals surface area contributed by atoms with Crippen LogP contribution in [0.4, 0.5) is 5.82 Å². The number of rotatable bonds is 6. The summed E-state index contributed by atoms with van der Waals surface area (Å²) in [7, 11) is 0. The first-order valence-corrected chi connectivity index (χ1v) is 10.2. The van der Waals surface area contributed by atoms with Crippen LogP contribution in [0.15, 0.2) is 36.8 Å². The molecule has 0 bridgehead atoms. The molecule has 1 N–H and O–H groups in total. The number of ether oxygens (including phenoxy) is 1. The number of hydrogen-bond acceptors (Lipinski definition) is 7. The van der Waals surface area contributed by atoms with Gasteiger partial charge in [-0.1, -0.05) is 6.07 Å². The molecule has 3 aromatic rings. The minimum Gasteiger partial charge on any atom is -0.477 e. The second kappa shape index (κ2) is 11.8. The number of nitrogens with one attached hydrogen (secondary N) is 1. The summed E-state index contributed by atoms with van der Waals surface area (Å²) in [5, 5.41) is 4.38. The zero-order chi connectivity index (χ0) is 21.1. The Labute approximate surface area is 176 Å². The predicted octanol–water partition coefficient (Wildman–Crippen LogP) is 4.59. The van der Waals surface area contributed by atoms with E-state index in [4.69, 9.17) is 4.74 Å². The van der Waals surface area contributed by atoms with E-state index in [1.165, 1.54) is 23.3 Å². The van der Waals surface area contributed by atoms with Gasteiger partial charge in [0, 0.05) is 29.5 Å². The lowest BCUT2D eigenvalue weighted by molar-refractivity contribution is 0.287. The third-order valence-corrected chi connectivity index (χ3v) is 4.81. The molecule has 0 saturated heterocycles. The summed E-state index contributed by atoms with van der Waals surface area (Å²) in [6, 6.07) is 5.81. The van der Waals surface area contributed by atoms with Crippen LogP contribution in [0.25, 0.3) is 0 Å². The van der Waals surface area contributed by atoms with E-state index < -0.39 is 0 Å². The largest absolute Gasteiger partial charge is 0.477 e. The number of thiazole rings is 1. The van der Waals surface area contributed by atoms with E-state index in [1.54, 1.807) is 17.5 Å². The summed E-state index contributed by atoms with van der Waals surface area (Å²) in [6.07, 6.45) is 16.1. The Morgan fingerprint density at radius 3 is 2.52 bits per heavy atom. The predicted molar refractivity (Wildman–Crippen MR) is 118 cm³/mol. The van der Waals surface area contributed by atoms with Gasteiger partial charge in [-0.3, -0.25) is 4.98 Å². The number of anilines is 1. The number of aryl methyl sites for hydroxylation is 3. The number of terminal acetylenes is 1. The SMILES string of the molecule is C#C.Cc1cccnc1.Cc1nc(NCc2cnc(C)s2)cc(OCC2CC2)n1. The highest BCUT2D eigenvalue weighted by atomic mass is 32.1.